The van der Waals surface area contributed by atoms with Crippen molar-refractivity contribution in [1.29, 1.82) is 0 Å². The number of hydrogen-bond donors (Lipinski definition) is 2. The van der Waals surface area contributed by atoms with E-state index in [0.29, 0.717) is 11.6 Å². The molecule has 0 aliphatic heterocycles. The van der Waals surface area contributed by atoms with Gasteiger partial charge in [0.05, 0.1) is 0 Å². The molecule has 21 heavy (non-hydrogen) atoms. The zero-order valence-corrected chi connectivity index (χ0v) is 12.6. The predicted molar refractivity (Wildman–Crippen MR) is 84.5 cm³/mol. The second kappa shape index (κ2) is 6.83. The summed E-state index contributed by atoms with van der Waals surface area (Å²) in [5.41, 5.74) is 2.20. The summed E-state index contributed by atoms with van der Waals surface area (Å²) in [7, 11) is 0. The predicted octanol–water partition coefficient (Wildman–Crippen LogP) is 3.25. The van der Waals surface area contributed by atoms with Gasteiger partial charge in [0, 0.05) is 17.9 Å². The normalized spacial score (nSPS) is 11.8. The van der Waals surface area contributed by atoms with E-state index in [1.165, 1.54) is 0 Å². The Morgan fingerprint density at radius 3 is 2.86 bits per heavy atom. The van der Waals surface area contributed by atoms with Crippen LogP contribution < -0.4 is 10.6 Å². The Morgan fingerprint density at radius 2 is 2.14 bits per heavy atom. The molecule has 0 bridgehead atoms. The quantitative estimate of drug-likeness (QED) is 0.884. The monoisotopic (exact) mass is 284 g/mol. The lowest BCUT2D eigenvalue weighted by Crippen LogP contribution is -2.19. The van der Waals surface area contributed by atoms with Crippen LogP contribution in [0, 0.1) is 6.92 Å². The van der Waals surface area contributed by atoms with Crippen LogP contribution in [0.25, 0.3) is 0 Å². The minimum atomic E-state index is -0.241. The van der Waals surface area contributed by atoms with Crippen LogP contribution in [0.5, 0.6) is 0 Å². The van der Waals surface area contributed by atoms with Gasteiger partial charge in [-0.3, -0.25) is 4.79 Å². The third-order valence-electron chi connectivity index (χ3n) is 3.15. The number of aryl methyl sites for hydroxylation is 1. The highest BCUT2D eigenvalue weighted by Crippen LogP contribution is 2.11. The van der Waals surface area contributed by atoms with E-state index in [1.54, 1.807) is 12.3 Å². The maximum absolute atomic E-state index is 12.2. The fraction of sp³-hybridized carbons (Fsp3) is 0.312. The van der Waals surface area contributed by atoms with Gasteiger partial charge in [-0.25, -0.2) is 9.97 Å². The van der Waals surface area contributed by atoms with Crippen LogP contribution in [0.15, 0.2) is 36.5 Å². The molecular weight excluding hydrogens is 264 g/mol. The first-order chi connectivity index (χ1) is 10.1. The van der Waals surface area contributed by atoms with Crippen molar-refractivity contribution >= 4 is 17.5 Å². The smallest absolute Gasteiger partial charge is 0.274 e. The maximum Gasteiger partial charge on any atom is 0.274 e. The Hall–Kier alpha value is -2.43. The van der Waals surface area contributed by atoms with Crippen LogP contribution in [0.1, 0.15) is 36.3 Å². The molecule has 2 N–H and O–H groups in total. The average Bonchev–Trinajstić information content (AvgIpc) is 2.47. The van der Waals surface area contributed by atoms with Crippen molar-refractivity contribution in [3.63, 3.8) is 0 Å². The van der Waals surface area contributed by atoms with Crippen molar-refractivity contribution in [1.82, 2.24) is 9.97 Å². The number of anilines is 2. The number of hydrogen-bond acceptors (Lipinski definition) is 4. The number of amides is 1. The Morgan fingerprint density at radius 1 is 1.33 bits per heavy atom. The number of aromatic nitrogens is 2. The van der Waals surface area contributed by atoms with Gasteiger partial charge in [-0.05, 0) is 44.0 Å². The largest absolute Gasteiger partial charge is 0.352 e. The molecule has 1 unspecified atom stereocenters. The Bertz CT molecular complexity index is 627. The van der Waals surface area contributed by atoms with Crippen molar-refractivity contribution in [2.75, 3.05) is 10.6 Å². The SMILES string of the molecule is CCC(C)Nc1nccc(C(=O)Nc2cccc(C)c2)n1. The van der Waals surface area contributed by atoms with E-state index in [2.05, 4.69) is 27.5 Å². The summed E-state index contributed by atoms with van der Waals surface area (Å²) in [6, 6.07) is 9.52. The Labute approximate surface area is 124 Å². The minimum Gasteiger partial charge on any atom is -0.352 e. The van der Waals surface area contributed by atoms with Gasteiger partial charge < -0.3 is 10.6 Å². The molecule has 2 rings (SSSR count). The van der Waals surface area contributed by atoms with E-state index < -0.39 is 0 Å². The van der Waals surface area contributed by atoms with Crippen molar-refractivity contribution in [2.45, 2.75) is 33.2 Å². The highest BCUT2D eigenvalue weighted by Gasteiger charge is 2.10. The number of nitrogens with one attached hydrogen (secondary N) is 2. The van der Waals surface area contributed by atoms with Crippen LogP contribution in [-0.2, 0) is 0 Å². The van der Waals surface area contributed by atoms with Crippen molar-refractivity contribution in [2.24, 2.45) is 0 Å². The Balaban J connectivity index is 2.10. The molecule has 5 heteroatoms. The van der Waals surface area contributed by atoms with E-state index in [4.69, 9.17) is 0 Å². The Kier molecular flexibility index (Phi) is 4.87. The van der Waals surface area contributed by atoms with Gasteiger partial charge >= 0.3 is 0 Å². The molecule has 5 nitrogen and oxygen atoms in total. The summed E-state index contributed by atoms with van der Waals surface area (Å²) in [6.45, 7) is 6.10. The highest BCUT2D eigenvalue weighted by molar-refractivity contribution is 6.02. The third kappa shape index (κ3) is 4.27. The molecule has 0 saturated carbocycles. The molecule has 0 saturated heterocycles. The molecule has 1 aromatic heterocycles. The summed E-state index contributed by atoms with van der Waals surface area (Å²) in [5, 5.41) is 5.99. The van der Waals surface area contributed by atoms with E-state index in [-0.39, 0.29) is 11.9 Å². The molecule has 0 aliphatic rings. The van der Waals surface area contributed by atoms with E-state index in [1.807, 2.05) is 38.1 Å². The van der Waals surface area contributed by atoms with Gasteiger partial charge in [0.15, 0.2) is 0 Å². The second-order valence-corrected chi connectivity index (χ2v) is 5.04. The summed E-state index contributed by atoms with van der Waals surface area (Å²) in [6.07, 6.45) is 2.55. The molecule has 0 fully saturated rings. The minimum absolute atomic E-state index is 0.241. The fourth-order valence-electron chi connectivity index (χ4n) is 1.80. The first-order valence-corrected chi connectivity index (χ1v) is 7.06. The van der Waals surface area contributed by atoms with E-state index in [0.717, 1.165) is 17.7 Å². The van der Waals surface area contributed by atoms with Crippen LogP contribution >= 0.6 is 0 Å². The molecule has 0 radical (unpaired) electrons. The topological polar surface area (TPSA) is 66.9 Å². The van der Waals surface area contributed by atoms with E-state index >= 15 is 0 Å². The molecule has 2 aromatic rings. The van der Waals surface area contributed by atoms with Crippen LogP contribution in [-0.4, -0.2) is 21.9 Å². The first-order valence-electron chi connectivity index (χ1n) is 7.06. The number of carbonyl (C=O) groups is 1. The molecule has 1 atom stereocenters. The maximum atomic E-state index is 12.2. The van der Waals surface area contributed by atoms with Gasteiger partial charge in [0.1, 0.15) is 5.69 Å². The lowest BCUT2D eigenvalue weighted by Gasteiger charge is -2.11. The molecular formula is C16H20N4O. The van der Waals surface area contributed by atoms with Crippen LogP contribution in [0.3, 0.4) is 0 Å². The summed E-state index contributed by atoms with van der Waals surface area (Å²) < 4.78 is 0. The third-order valence-corrected chi connectivity index (χ3v) is 3.15. The average molecular weight is 284 g/mol. The highest BCUT2D eigenvalue weighted by atomic mass is 16.1. The number of benzene rings is 1. The number of rotatable bonds is 5. The van der Waals surface area contributed by atoms with Gasteiger partial charge in [-0.15, -0.1) is 0 Å². The first kappa shape index (κ1) is 15.0. The van der Waals surface area contributed by atoms with Crippen molar-refractivity contribution < 1.29 is 4.79 Å². The standard InChI is InChI=1S/C16H20N4O/c1-4-12(3)18-16-17-9-8-14(20-16)15(21)19-13-7-5-6-11(2)10-13/h5-10,12H,4H2,1-3H3,(H,19,21)(H,17,18,20). The van der Waals surface area contributed by atoms with Crippen LogP contribution in [0.2, 0.25) is 0 Å². The lowest BCUT2D eigenvalue weighted by atomic mass is 10.2. The second-order valence-electron chi connectivity index (χ2n) is 5.04. The van der Waals surface area contributed by atoms with Crippen LogP contribution in [0.4, 0.5) is 11.6 Å². The van der Waals surface area contributed by atoms with Gasteiger partial charge in [-0.1, -0.05) is 19.1 Å². The zero-order valence-electron chi connectivity index (χ0n) is 12.6. The van der Waals surface area contributed by atoms with Gasteiger partial charge in [0.2, 0.25) is 5.95 Å². The molecule has 1 aromatic carbocycles. The summed E-state index contributed by atoms with van der Waals surface area (Å²) in [5.74, 6) is 0.233. The number of nitrogens with zero attached hydrogens (tertiary/aromatic N) is 2. The van der Waals surface area contributed by atoms with Gasteiger partial charge in [0.25, 0.3) is 5.91 Å². The summed E-state index contributed by atoms with van der Waals surface area (Å²) in [4.78, 5) is 20.6. The molecule has 1 heterocycles. The molecule has 0 aliphatic carbocycles. The zero-order chi connectivity index (χ0) is 15.2. The molecule has 110 valence electrons. The van der Waals surface area contributed by atoms with Crippen molar-refractivity contribution in [3.8, 4) is 0 Å². The fourth-order valence-corrected chi connectivity index (χ4v) is 1.80. The lowest BCUT2D eigenvalue weighted by molar-refractivity contribution is 0.102. The molecule has 1 amide bonds. The molecule has 0 spiro atoms. The van der Waals surface area contributed by atoms with Gasteiger partial charge in [-0.2, -0.15) is 0 Å². The van der Waals surface area contributed by atoms with Crippen molar-refractivity contribution in [3.05, 3.63) is 47.8 Å². The summed E-state index contributed by atoms with van der Waals surface area (Å²) >= 11 is 0. The van der Waals surface area contributed by atoms with E-state index in [9.17, 15) is 4.79 Å². The number of carbonyl (C=O) groups excluding carboxylic acids is 1.